The minimum atomic E-state index is -4.54. The van der Waals surface area contributed by atoms with Crippen LogP contribution in [-0.2, 0) is 29.0 Å². The first-order valence-electron chi connectivity index (χ1n) is 10.9. The number of fused-ring (bicyclic) bond motifs is 1. The Kier molecular flexibility index (Phi) is 8.38. The molecule has 1 N–H and O–H groups in total. The van der Waals surface area contributed by atoms with Crippen molar-refractivity contribution in [2.45, 2.75) is 56.8 Å². The number of carboxylic acids is 1. The minimum Gasteiger partial charge on any atom is -0.593 e. The van der Waals surface area contributed by atoms with Crippen LogP contribution in [0.25, 0.3) is 0 Å². The second-order valence-electron chi connectivity index (χ2n) is 8.51. The van der Waals surface area contributed by atoms with Crippen molar-refractivity contribution in [3.8, 4) is 0 Å². The largest absolute Gasteiger partial charge is 0.593 e. The zero-order chi connectivity index (χ0) is 25.2. The minimum absolute atomic E-state index is 0.0122. The van der Waals surface area contributed by atoms with Gasteiger partial charge in [-0.15, -0.1) is 4.31 Å². The zero-order valence-electron chi connectivity index (χ0n) is 19.1. The molecule has 2 aliphatic rings. The van der Waals surface area contributed by atoms with Gasteiger partial charge in [0.15, 0.2) is 4.90 Å². The van der Waals surface area contributed by atoms with Gasteiger partial charge < -0.3 is 14.6 Å². The summed E-state index contributed by atoms with van der Waals surface area (Å²) >= 11 is 4.27. The fraction of sp³-hybridized carbons (Fsp3) is 0.478. The Morgan fingerprint density at radius 3 is 2.47 bits per heavy atom. The summed E-state index contributed by atoms with van der Waals surface area (Å²) in [5.74, 6) is -1.09. The summed E-state index contributed by atoms with van der Waals surface area (Å²) in [6, 6.07) is 5.00. The van der Waals surface area contributed by atoms with Gasteiger partial charge in [-0.1, -0.05) is 23.7 Å². The lowest BCUT2D eigenvalue weighted by molar-refractivity contribution is -0.141. The molecular weight excluding hydrogens is 491 g/mol. The van der Waals surface area contributed by atoms with Crippen molar-refractivity contribution < 1.29 is 27.6 Å². The molecule has 4 unspecified atom stereocenters. The molecule has 0 radical (unpaired) electrons. The Balaban J connectivity index is 1.83. The number of benzene rings is 1. The summed E-state index contributed by atoms with van der Waals surface area (Å²) in [6.45, 7) is 6.20. The van der Waals surface area contributed by atoms with Crippen LogP contribution in [0.2, 0.25) is 0 Å². The molecule has 0 saturated carbocycles. The maximum Gasteiger partial charge on any atom is 0.411 e. The van der Waals surface area contributed by atoms with Crippen LogP contribution in [0.4, 0.5) is 13.2 Å². The van der Waals surface area contributed by atoms with Crippen LogP contribution in [0.15, 0.2) is 51.1 Å². The molecule has 0 bridgehead atoms. The van der Waals surface area contributed by atoms with Gasteiger partial charge in [-0.3, -0.25) is 4.79 Å². The highest BCUT2D eigenvalue weighted by Crippen LogP contribution is 2.36. The molecular formula is C23H27ClF3N3O3S. The van der Waals surface area contributed by atoms with Crippen molar-refractivity contribution in [3.63, 3.8) is 0 Å². The molecule has 1 aliphatic carbocycles. The van der Waals surface area contributed by atoms with Crippen LogP contribution in [0, 0.1) is 5.92 Å². The Morgan fingerprint density at radius 1 is 1.26 bits per heavy atom. The molecule has 186 valence electrons. The molecule has 3 rings (SSSR count). The standard InChI is InChI=1S/C23H27ClF3N3O3S/c1-4-28-21(10-18(24)11-23(25,26)27)29-12-14(2)30(15(3)13-29)34(33)20-7-5-6-16-8-17(22(31)32)9-19(16)20/h4-7,10-11,14-15,17H,8-9,12-13H2,1-3H3,(H,31,32)/b18-11-,21-10+,28-4?. The van der Waals surface area contributed by atoms with Gasteiger partial charge in [0.2, 0.25) is 0 Å². The monoisotopic (exact) mass is 517 g/mol. The van der Waals surface area contributed by atoms with E-state index in [1.807, 2.05) is 29.1 Å². The third-order valence-electron chi connectivity index (χ3n) is 5.87. The van der Waals surface area contributed by atoms with Crippen LogP contribution < -0.4 is 0 Å². The number of alkyl halides is 3. The average molecular weight is 518 g/mol. The number of halogens is 4. The molecule has 6 nitrogen and oxygen atoms in total. The Morgan fingerprint density at radius 2 is 1.91 bits per heavy atom. The zero-order valence-corrected chi connectivity index (χ0v) is 20.6. The smallest absolute Gasteiger partial charge is 0.411 e. The quantitative estimate of drug-likeness (QED) is 0.341. The number of carbonyl (C=O) groups is 1. The van der Waals surface area contributed by atoms with E-state index in [0.717, 1.165) is 11.1 Å². The van der Waals surface area contributed by atoms with Crippen molar-refractivity contribution in [3.05, 3.63) is 52.3 Å². The Labute approximate surface area is 205 Å². The molecule has 1 saturated heterocycles. The lowest BCUT2D eigenvalue weighted by Gasteiger charge is -2.43. The van der Waals surface area contributed by atoms with E-state index in [-0.39, 0.29) is 18.2 Å². The van der Waals surface area contributed by atoms with Crippen LogP contribution in [0.5, 0.6) is 0 Å². The van der Waals surface area contributed by atoms with Gasteiger partial charge in [-0.25, -0.2) is 4.99 Å². The predicted octanol–water partition coefficient (Wildman–Crippen LogP) is 4.52. The van der Waals surface area contributed by atoms with E-state index in [1.54, 1.807) is 19.1 Å². The Bertz CT molecular complexity index is 1000. The normalized spacial score (nSPS) is 25.6. The molecule has 1 aromatic rings. The number of rotatable bonds is 6. The van der Waals surface area contributed by atoms with E-state index in [4.69, 9.17) is 11.6 Å². The van der Waals surface area contributed by atoms with Gasteiger partial charge in [-0.2, -0.15) is 13.2 Å². The summed E-state index contributed by atoms with van der Waals surface area (Å²) in [4.78, 5) is 18.1. The molecule has 1 heterocycles. The topological polar surface area (TPSA) is 79.2 Å². The molecule has 1 fully saturated rings. The van der Waals surface area contributed by atoms with E-state index in [2.05, 4.69) is 4.99 Å². The molecule has 0 spiro atoms. The summed E-state index contributed by atoms with van der Waals surface area (Å²) in [7, 11) is 0. The highest BCUT2D eigenvalue weighted by atomic mass is 35.5. The lowest BCUT2D eigenvalue weighted by atomic mass is 10.1. The van der Waals surface area contributed by atoms with Crippen LogP contribution in [0.3, 0.4) is 0 Å². The number of hydrogen-bond acceptors (Lipinski definition) is 5. The highest BCUT2D eigenvalue weighted by Gasteiger charge is 2.41. The highest BCUT2D eigenvalue weighted by molar-refractivity contribution is 7.89. The van der Waals surface area contributed by atoms with Gasteiger partial charge in [0.05, 0.1) is 29.4 Å². The summed E-state index contributed by atoms with van der Waals surface area (Å²) in [5, 5.41) is 8.93. The van der Waals surface area contributed by atoms with E-state index in [1.165, 1.54) is 12.3 Å². The first-order valence-corrected chi connectivity index (χ1v) is 12.3. The van der Waals surface area contributed by atoms with Crippen molar-refractivity contribution in [1.82, 2.24) is 9.21 Å². The van der Waals surface area contributed by atoms with Gasteiger partial charge >= 0.3 is 12.1 Å². The fourth-order valence-electron chi connectivity index (χ4n) is 4.56. The third-order valence-corrected chi connectivity index (χ3v) is 7.95. The first-order chi connectivity index (χ1) is 15.9. The maximum atomic E-state index is 13.7. The maximum absolute atomic E-state index is 13.7. The summed E-state index contributed by atoms with van der Waals surface area (Å²) in [5.41, 5.74) is 1.74. The molecule has 1 aliphatic heterocycles. The second-order valence-corrected chi connectivity index (χ2v) is 10.3. The molecule has 4 atom stereocenters. The molecule has 1 aromatic carbocycles. The number of hydrogen-bond donors (Lipinski definition) is 1. The van der Waals surface area contributed by atoms with Crippen molar-refractivity contribution in [2.75, 3.05) is 13.1 Å². The number of allylic oxidation sites excluding steroid dienone is 3. The second kappa shape index (κ2) is 10.7. The van der Waals surface area contributed by atoms with Crippen LogP contribution in [0.1, 0.15) is 31.9 Å². The van der Waals surface area contributed by atoms with Crippen molar-refractivity contribution in [1.29, 1.82) is 0 Å². The molecule has 34 heavy (non-hydrogen) atoms. The number of aliphatic imine (C=N–C) groups is 1. The first kappa shape index (κ1) is 26.6. The predicted molar refractivity (Wildman–Crippen MR) is 126 cm³/mol. The lowest BCUT2D eigenvalue weighted by Crippen LogP contribution is -2.58. The van der Waals surface area contributed by atoms with Crippen LogP contribution in [-0.4, -0.2) is 62.4 Å². The van der Waals surface area contributed by atoms with Gasteiger partial charge in [-0.05, 0) is 51.3 Å². The molecule has 0 amide bonds. The van der Waals surface area contributed by atoms with E-state index in [0.29, 0.717) is 36.6 Å². The van der Waals surface area contributed by atoms with Crippen LogP contribution >= 0.6 is 11.6 Å². The van der Waals surface area contributed by atoms with Crippen molar-refractivity contribution >= 4 is 35.1 Å². The van der Waals surface area contributed by atoms with Gasteiger partial charge in [0.1, 0.15) is 5.82 Å². The summed E-state index contributed by atoms with van der Waals surface area (Å²) in [6.07, 6.45) is -1.10. The van der Waals surface area contributed by atoms with Gasteiger partial charge in [0.25, 0.3) is 0 Å². The van der Waals surface area contributed by atoms with Gasteiger partial charge in [0, 0.05) is 36.0 Å². The van der Waals surface area contributed by atoms with Crippen molar-refractivity contribution in [2.24, 2.45) is 10.9 Å². The molecule has 0 aromatic heterocycles. The number of carboxylic acid groups (broad SMARTS) is 1. The summed E-state index contributed by atoms with van der Waals surface area (Å²) < 4.78 is 53.5. The Hall–Kier alpha value is -2.01. The van der Waals surface area contributed by atoms with E-state index < -0.39 is 34.5 Å². The number of aliphatic carboxylic acids is 1. The average Bonchev–Trinajstić information content (AvgIpc) is 3.16. The SMILES string of the molecule is CC=N/C(=C\C(Cl)=C\C(F)(F)F)N1CC(C)N([S+]([O-])c2cccc3c2CC(C(=O)O)C3)C(C)C1. The van der Waals surface area contributed by atoms with E-state index >= 15 is 0 Å². The number of nitrogens with zero attached hydrogens (tertiary/aromatic N) is 3. The molecule has 11 heteroatoms. The number of piperazine rings is 1. The third kappa shape index (κ3) is 6.16. The van der Waals surface area contributed by atoms with E-state index in [9.17, 15) is 27.6 Å². The fourth-order valence-corrected chi connectivity index (χ4v) is 6.41.